The molecular formula is C26H25ClF2. The summed E-state index contributed by atoms with van der Waals surface area (Å²) >= 11 is 6.51. The van der Waals surface area contributed by atoms with E-state index < -0.39 is 5.82 Å². The minimum atomic E-state index is -0.481. The number of fused-ring (bicyclic) bond motifs is 1. The fourth-order valence-electron chi connectivity index (χ4n) is 4.91. The van der Waals surface area contributed by atoms with Gasteiger partial charge in [-0.3, -0.25) is 0 Å². The zero-order valence-corrected chi connectivity index (χ0v) is 18.0. The molecular weight excluding hydrogens is 386 g/mol. The van der Waals surface area contributed by atoms with Gasteiger partial charge in [0.1, 0.15) is 11.6 Å². The Bertz CT molecular complexity index is 1090. The maximum Gasteiger partial charge on any atom is 0.142 e. The summed E-state index contributed by atoms with van der Waals surface area (Å²) in [7, 11) is 0. The molecule has 1 aliphatic carbocycles. The molecule has 0 spiro atoms. The smallest absolute Gasteiger partial charge is 0.142 e. The van der Waals surface area contributed by atoms with Gasteiger partial charge in [0.15, 0.2) is 0 Å². The van der Waals surface area contributed by atoms with E-state index in [-0.39, 0.29) is 22.2 Å². The fourth-order valence-corrected chi connectivity index (χ4v) is 5.16. The van der Waals surface area contributed by atoms with Gasteiger partial charge in [0, 0.05) is 16.5 Å². The largest absolute Gasteiger partial charge is 0.206 e. The van der Waals surface area contributed by atoms with E-state index in [9.17, 15) is 4.39 Å². The van der Waals surface area contributed by atoms with Crippen LogP contribution >= 0.6 is 11.6 Å². The monoisotopic (exact) mass is 410 g/mol. The van der Waals surface area contributed by atoms with Gasteiger partial charge in [0.05, 0.1) is 5.02 Å². The highest BCUT2D eigenvalue weighted by molar-refractivity contribution is 6.33. The predicted molar refractivity (Wildman–Crippen MR) is 117 cm³/mol. The van der Waals surface area contributed by atoms with E-state index >= 15 is 4.39 Å². The van der Waals surface area contributed by atoms with Crippen LogP contribution in [0.3, 0.4) is 0 Å². The summed E-state index contributed by atoms with van der Waals surface area (Å²) in [6.07, 6.45) is 1.27. The third-order valence-corrected chi connectivity index (χ3v) is 7.16. The Balaban J connectivity index is 2.01. The van der Waals surface area contributed by atoms with E-state index in [1.54, 1.807) is 12.1 Å². The molecule has 0 bridgehead atoms. The topological polar surface area (TPSA) is 0 Å². The van der Waals surface area contributed by atoms with Gasteiger partial charge in [0.2, 0.25) is 0 Å². The molecule has 0 fully saturated rings. The lowest BCUT2D eigenvalue weighted by atomic mass is 9.72. The summed E-state index contributed by atoms with van der Waals surface area (Å²) in [4.78, 5) is 0. The Hall–Kier alpha value is -2.19. The Labute approximate surface area is 176 Å². The van der Waals surface area contributed by atoms with Crippen molar-refractivity contribution in [2.45, 2.75) is 51.9 Å². The third kappa shape index (κ3) is 3.00. The van der Waals surface area contributed by atoms with Crippen LogP contribution in [0.2, 0.25) is 5.02 Å². The van der Waals surface area contributed by atoms with Crippen molar-refractivity contribution in [3.05, 3.63) is 93.0 Å². The molecule has 4 rings (SSSR count). The second kappa shape index (κ2) is 7.25. The first-order chi connectivity index (χ1) is 13.8. The van der Waals surface area contributed by atoms with Crippen molar-refractivity contribution >= 4 is 11.6 Å². The molecule has 3 aromatic carbocycles. The quantitative estimate of drug-likeness (QED) is 0.413. The van der Waals surface area contributed by atoms with Crippen molar-refractivity contribution < 1.29 is 8.78 Å². The minimum absolute atomic E-state index is 0.0168. The van der Waals surface area contributed by atoms with Crippen molar-refractivity contribution in [1.82, 2.24) is 0 Å². The molecule has 2 unspecified atom stereocenters. The summed E-state index contributed by atoms with van der Waals surface area (Å²) in [6, 6.07) is 15.5. The van der Waals surface area contributed by atoms with Crippen molar-refractivity contribution in [1.29, 1.82) is 0 Å². The molecule has 0 saturated carbocycles. The Kier molecular flexibility index (Phi) is 5.02. The summed E-state index contributed by atoms with van der Waals surface area (Å²) < 4.78 is 30.4. The van der Waals surface area contributed by atoms with Crippen LogP contribution in [-0.4, -0.2) is 0 Å². The molecule has 0 nitrogen and oxygen atoms in total. The van der Waals surface area contributed by atoms with Gasteiger partial charge in [0.25, 0.3) is 0 Å². The molecule has 0 saturated heterocycles. The first kappa shape index (κ1) is 20.1. The number of hydrogen-bond donors (Lipinski definition) is 0. The molecule has 29 heavy (non-hydrogen) atoms. The number of hydrogen-bond acceptors (Lipinski definition) is 0. The lowest BCUT2D eigenvalue weighted by Crippen LogP contribution is -2.25. The maximum atomic E-state index is 15.5. The zero-order chi connectivity index (χ0) is 20.9. The van der Waals surface area contributed by atoms with Gasteiger partial charge in [-0.15, -0.1) is 0 Å². The van der Waals surface area contributed by atoms with Crippen LogP contribution in [0, 0.1) is 18.6 Å². The highest BCUT2D eigenvalue weighted by atomic mass is 35.5. The van der Waals surface area contributed by atoms with E-state index in [4.69, 9.17) is 11.6 Å². The van der Waals surface area contributed by atoms with Crippen LogP contribution in [0.25, 0.3) is 11.1 Å². The SMILES string of the molecule is CCc1ccc(C)c(-c2c(Cl)c(F)cc3c2C(C)C(C)(c2ccccc2)C3)c1F. The molecule has 0 aliphatic heterocycles. The van der Waals surface area contributed by atoms with E-state index in [2.05, 4.69) is 26.0 Å². The number of halogens is 3. The average molecular weight is 411 g/mol. The van der Waals surface area contributed by atoms with Crippen LogP contribution in [0.4, 0.5) is 8.78 Å². The summed E-state index contributed by atoms with van der Waals surface area (Å²) in [5.74, 6) is -0.703. The molecule has 150 valence electrons. The summed E-state index contributed by atoms with van der Waals surface area (Å²) in [5, 5.41) is 0.0168. The van der Waals surface area contributed by atoms with Crippen molar-refractivity contribution in [2.24, 2.45) is 0 Å². The fraction of sp³-hybridized carbons (Fsp3) is 0.308. The minimum Gasteiger partial charge on any atom is -0.206 e. The Morgan fingerprint density at radius 1 is 1.07 bits per heavy atom. The maximum absolute atomic E-state index is 15.5. The Morgan fingerprint density at radius 3 is 2.41 bits per heavy atom. The van der Waals surface area contributed by atoms with Crippen LogP contribution < -0.4 is 0 Å². The van der Waals surface area contributed by atoms with Crippen LogP contribution in [0.15, 0.2) is 48.5 Å². The number of rotatable bonds is 3. The summed E-state index contributed by atoms with van der Waals surface area (Å²) in [5.41, 5.74) is 5.24. The zero-order valence-electron chi connectivity index (χ0n) is 17.2. The Morgan fingerprint density at radius 2 is 1.76 bits per heavy atom. The van der Waals surface area contributed by atoms with Gasteiger partial charge >= 0.3 is 0 Å². The number of aryl methyl sites for hydroxylation is 2. The average Bonchev–Trinajstić information content (AvgIpc) is 2.96. The van der Waals surface area contributed by atoms with Gasteiger partial charge < -0.3 is 0 Å². The molecule has 0 aromatic heterocycles. The van der Waals surface area contributed by atoms with Gasteiger partial charge in [-0.2, -0.15) is 0 Å². The van der Waals surface area contributed by atoms with E-state index in [1.165, 1.54) is 5.56 Å². The highest BCUT2D eigenvalue weighted by Crippen LogP contribution is 2.54. The molecule has 0 N–H and O–H groups in total. The lowest BCUT2D eigenvalue weighted by molar-refractivity contribution is 0.430. The second-order valence-corrected chi connectivity index (χ2v) is 8.76. The third-order valence-electron chi connectivity index (χ3n) is 6.79. The van der Waals surface area contributed by atoms with Crippen LogP contribution in [-0.2, 0) is 18.3 Å². The van der Waals surface area contributed by atoms with E-state index in [0.29, 0.717) is 29.5 Å². The molecule has 2 atom stereocenters. The highest BCUT2D eigenvalue weighted by Gasteiger charge is 2.44. The van der Waals surface area contributed by atoms with Gasteiger partial charge in [-0.1, -0.05) is 74.8 Å². The molecule has 0 heterocycles. The normalized spacial score (nSPS) is 20.7. The predicted octanol–water partition coefficient (Wildman–Crippen LogP) is 7.77. The standard InChI is InChI=1S/C26H25ClF2/c1-5-17-12-11-15(2)21(25(17)29)23-22-16(3)26(4,19-9-7-6-8-10-19)14-18(22)13-20(28)24(23)27/h6-13,16H,5,14H2,1-4H3. The van der Waals surface area contributed by atoms with Crippen LogP contribution in [0.1, 0.15) is 54.5 Å². The van der Waals surface area contributed by atoms with E-state index in [1.807, 2.05) is 38.1 Å². The van der Waals surface area contributed by atoms with Gasteiger partial charge in [-0.05, 0) is 59.6 Å². The summed E-state index contributed by atoms with van der Waals surface area (Å²) in [6.45, 7) is 8.13. The van der Waals surface area contributed by atoms with Gasteiger partial charge in [-0.25, -0.2) is 8.78 Å². The van der Waals surface area contributed by atoms with Crippen LogP contribution in [0.5, 0.6) is 0 Å². The van der Waals surface area contributed by atoms with E-state index in [0.717, 1.165) is 16.7 Å². The second-order valence-electron chi connectivity index (χ2n) is 8.39. The molecule has 0 radical (unpaired) electrons. The molecule has 1 aliphatic rings. The van der Waals surface area contributed by atoms with Crippen molar-refractivity contribution in [3.8, 4) is 11.1 Å². The first-order valence-electron chi connectivity index (χ1n) is 10.1. The first-order valence-corrected chi connectivity index (χ1v) is 10.5. The van der Waals surface area contributed by atoms with Crippen molar-refractivity contribution in [3.63, 3.8) is 0 Å². The van der Waals surface area contributed by atoms with Crippen molar-refractivity contribution in [2.75, 3.05) is 0 Å². The molecule has 0 amide bonds. The lowest BCUT2D eigenvalue weighted by Gasteiger charge is -2.31. The molecule has 3 aromatic rings. The number of benzene rings is 3. The molecule has 3 heteroatoms.